The number of nitrogens with zero attached hydrogens (tertiary/aromatic N) is 2. The van der Waals surface area contributed by atoms with Crippen LogP contribution in [0.25, 0.3) is 11.3 Å². The van der Waals surface area contributed by atoms with Crippen molar-refractivity contribution in [3.8, 4) is 11.3 Å². The molecule has 4 nitrogen and oxygen atoms in total. The molecule has 28 heavy (non-hydrogen) atoms. The Labute approximate surface area is 167 Å². The van der Waals surface area contributed by atoms with Crippen molar-refractivity contribution in [2.45, 2.75) is 46.2 Å². The number of halogens is 4. The van der Waals surface area contributed by atoms with Crippen molar-refractivity contribution in [1.29, 1.82) is 0 Å². The summed E-state index contributed by atoms with van der Waals surface area (Å²) in [6, 6.07) is 6.47. The van der Waals surface area contributed by atoms with E-state index in [9.17, 15) is 18.0 Å². The fourth-order valence-corrected chi connectivity index (χ4v) is 2.84. The first-order valence-electron chi connectivity index (χ1n) is 8.91. The Morgan fingerprint density at radius 3 is 2.61 bits per heavy atom. The number of carbonyl (C=O) groups excluding carboxylic acids is 1. The van der Waals surface area contributed by atoms with Gasteiger partial charge in [0.05, 0.1) is 17.7 Å². The molecule has 1 heterocycles. The first-order valence-corrected chi connectivity index (χ1v) is 9.28. The molecule has 1 aromatic carbocycles. The minimum Gasteiger partial charge on any atom is -0.465 e. The Morgan fingerprint density at radius 2 is 1.96 bits per heavy atom. The molecule has 0 unspecified atom stereocenters. The second kappa shape index (κ2) is 8.90. The maximum atomic E-state index is 13.3. The Balaban J connectivity index is 2.31. The summed E-state index contributed by atoms with van der Waals surface area (Å²) in [7, 11) is 0. The van der Waals surface area contributed by atoms with E-state index in [1.54, 1.807) is 32.0 Å². The van der Waals surface area contributed by atoms with Crippen LogP contribution in [-0.2, 0) is 22.1 Å². The van der Waals surface area contributed by atoms with Gasteiger partial charge in [0, 0.05) is 11.8 Å². The zero-order valence-electron chi connectivity index (χ0n) is 15.9. The summed E-state index contributed by atoms with van der Waals surface area (Å²) in [4.78, 5) is 19.5. The Bertz CT molecular complexity index is 838. The third kappa shape index (κ3) is 5.67. The predicted molar refractivity (Wildman–Crippen MR) is 101 cm³/mol. The smallest absolute Gasteiger partial charge is 0.419 e. The third-order valence-corrected chi connectivity index (χ3v) is 4.38. The van der Waals surface area contributed by atoms with Gasteiger partial charge in [0.15, 0.2) is 0 Å². The van der Waals surface area contributed by atoms with Crippen molar-refractivity contribution in [2.75, 3.05) is 6.61 Å². The molecule has 0 aliphatic rings. The van der Waals surface area contributed by atoms with Gasteiger partial charge < -0.3 is 4.74 Å². The Morgan fingerprint density at radius 1 is 1.25 bits per heavy atom. The van der Waals surface area contributed by atoms with Gasteiger partial charge in [-0.15, -0.1) is 0 Å². The number of alkyl halides is 3. The van der Waals surface area contributed by atoms with E-state index in [0.717, 1.165) is 12.8 Å². The van der Waals surface area contributed by atoms with E-state index in [0.29, 0.717) is 24.8 Å². The van der Waals surface area contributed by atoms with Crippen LogP contribution in [0.15, 0.2) is 30.5 Å². The molecule has 0 bridgehead atoms. The molecular formula is C20H22ClF3N2O2. The number of hydrogen-bond acceptors (Lipinski definition) is 4. The van der Waals surface area contributed by atoms with Crippen molar-refractivity contribution in [3.63, 3.8) is 0 Å². The summed E-state index contributed by atoms with van der Waals surface area (Å²) in [5.74, 6) is -0.340. The molecule has 0 atom stereocenters. The van der Waals surface area contributed by atoms with Crippen LogP contribution in [-0.4, -0.2) is 22.5 Å². The maximum absolute atomic E-state index is 13.3. The second-order valence-electron chi connectivity index (χ2n) is 7.15. The third-order valence-electron chi connectivity index (χ3n) is 4.19. The van der Waals surface area contributed by atoms with E-state index in [1.165, 1.54) is 6.07 Å². The molecule has 0 spiro atoms. The number of unbranched alkanes of at least 4 members (excludes halogenated alkanes) is 1. The molecule has 0 fully saturated rings. The molecule has 0 aliphatic heterocycles. The van der Waals surface area contributed by atoms with Gasteiger partial charge in [0.25, 0.3) is 0 Å². The van der Waals surface area contributed by atoms with Crippen LogP contribution in [0.1, 0.15) is 44.7 Å². The first-order chi connectivity index (χ1) is 13.0. The monoisotopic (exact) mass is 414 g/mol. The Kier molecular flexibility index (Phi) is 7.04. The molecule has 2 rings (SSSR count). The van der Waals surface area contributed by atoms with Crippen LogP contribution in [0.5, 0.6) is 0 Å². The number of esters is 1. The molecule has 8 heteroatoms. The van der Waals surface area contributed by atoms with Gasteiger partial charge in [-0.3, -0.25) is 4.79 Å². The van der Waals surface area contributed by atoms with E-state index < -0.39 is 17.2 Å². The number of benzene rings is 1. The molecule has 0 saturated heterocycles. The topological polar surface area (TPSA) is 52.1 Å². The summed E-state index contributed by atoms with van der Waals surface area (Å²) in [5, 5.41) is -0.270. The largest absolute Gasteiger partial charge is 0.465 e. The van der Waals surface area contributed by atoms with Crippen molar-refractivity contribution in [2.24, 2.45) is 5.41 Å². The highest BCUT2D eigenvalue weighted by Crippen LogP contribution is 2.36. The molecule has 0 aliphatic carbocycles. The van der Waals surface area contributed by atoms with E-state index in [2.05, 4.69) is 9.97 Å². The summed E-state index contributed by atoms with van der Waals surface area (Å²) >= 11 is 5.71. The number of aromatic nitrogens is 2. The molecule has 0 amide bonds. The highest BCUT2D eigenvalue weighted by Gasteiger charge is 2.35. The minimum absolute atomic E-state index is 0.254. The lowest BCUT2D eigenvalue weighted by Crippen LogP contribution is -2.29. The van der Waals surface area contributed by atoms with Crippen molar-refractivity contribution in [3.05, 3.63) is 46.9 Å². The quantitative estimate of drug-likeness (QED) is 0.330. The standard InChI is InChI=1S/C20H22ClF3N2O2/c1-4-5-9-28-17(27)19(2,3)11-13-7-6-8-14(10-13)16-15(20(22,23)24)12-25-18(21)26-16/h6-8,10,12H,4-5,9,11H2,1-3H3. The molecule has 2 aromatic rings. The minimum atomic E-state index is -4.61. The number of hydrogen-bond donors (Lipinski definition) is 0. The first kappa shape index (κ1) is 22.1. The van der Waals surface area contributed by atoms with Gasteiger partial charge in [-0.05, 0) is 49.9 Å². The van der Waals surface area contributed by atoms with Crippen molar-refractivity contribution >= 4 is 17.6 Å². The highest BCUT2D eigenvalue weighted by atomic mass is 35.5. The van der Waals surface area contributed by atoms with Crippen LogP contribution in [0.2, 0.25) is 5.28 Å². The fourth-order valence-electron chi connectivity index (χ4n) is 2.70. The lowest BCUT2D eigenvalue weighted by molar-refractivity contribution is -0.154. The maximum Gasteiger partial charge on any atom is 0.419 e. The van der Waals surface area contributed by atoms with E-state index in [1.807, 2.05) is 6.92 Å². The van der Waals surface area contributed by atoms with Crippen LogP contribution < -0.4 is 0 Å². The number of ether oxygens (including phenoxy) is 1. The fraction of sp³-hybridized carbons (Fsp3) is 0.450. The normalized spacial score (nSPS) is 12.1. The molecule has 0 saturated carbocycles. The van der Waals surface area contributed by atoms with Crippen LogP contribution >= 0.6 is 11.6 Å². The van der Waals surface area contributed by atoms with E-state index in [4.69, 9.17) is 16.3 Å². The lowest BCUT2D eigenvalue weighted by atomic mass is 9.85. The van der Waals surface area contributed by atoms with Gasteiger partial charge in [0.1, 0.15) is 5.56 Å². The zero-order chi connectivity index (χ0) is 20.9. The Hall–Kier alpha value is -2.15. The highest BCUT2D eigenvalue weighted by molar-refractivity contribution is 6.28. The molecule has 0 radical (unpaired) electrons. The van der Waals surface area contributed by atoms with Crippen LogP contribution in [0.3, 0.4) is 0 Å². The van der Waals surface area contributed by atoms with Crippen molar-refractivity contribution in [1.82, 2.24) is 9.97 Å². The molecule has 152 valence electrons. The van der Waals surface area contributed by atoms with Crippen LogP contribution in [0, 0.1) is 5.41 Å². The van der Waals surface area contributed by atoms with Crippen molar-refractivity contribution < 1.29 is 22.7 Å². The summed E-state index contributed by atoms with van der Waals surface area (Å²) in [5.41, 5.74) is -1.13. The number of rotatable bonds is 7. The van der Waals surface area contributed by atoms with Gasteiger partial charge in [-0.2, -0.15) is 13.2 Å². The number of carbonyl (C=O) groups is 1. The molecular weight excluding hydrogens is 393 g/mol. The summed E-state index contributed by atoms with van der Waals surface area (Å²) < 4.78 is 45.2. The van der Waals surface area contributed by atoms with Gasteiger partial charge in [0.2, 0.25) is 5.28 Å². The predicted octanol–water partition coefficient (Wildman–Crippen LogP) is 5.73. The van der Waals surface area contributed by atoms with Gasteiger partial charge >= 0.3 is 12.1 Å². The van der Waals surface area contributed by atoms with Gasteiger partial charge in [-0.1, -0.05) is 31.5 Å². The average molecular weight is 415 g/mol. The SMILES string of the molecule is CCCCOC(=O)C(C)(C)Cc1cccc(-c2nc(Cl)ncc2C(F)(F)F)c1. The zero-order valence-corrected chi connectivity index (χ0v) is 16.7. The van der Waals surface area contributed by atoms with E-state index >= 15 is 0 Å². The van der Waals surface area contributed by atoms with Gasteiger partial charge in [-0.25, -0.2) is 9.97 Å². The second-order valence-corrected chi connectivity index (χ2v) is 7.49. The summed E-state index contributed by atoms with van der Waals surface area (Å²) in [6.07, 6.45) is -1.93. The molecule has 1 aromatic heterocycles. The molecule has 0 N–H and O–H groups in total. The average Bonchev–Trinajstić information content (AvgIpc) is 2.60. The van der Waals surface area contributed by atoms with E-state index in [-0.39, 0.29) is 22.5 Å². The summed E-state index contributed by atoms with van der Waals surface area (Å²) in [6.45, 7) is 5.85. The van der Waals surface area contributed by atoms with Crippen LogP contribution in [0.4, 0.5) is 13.2 Å². The lowest BCUT2D eigenvalue weighted by Gasteiger charge is -2.23.